The van der Waals surface area contributed by atoms with Gasteiger partial charge in [-0.05, 0) is 48.0 Å². The van der Waals surface area contributed by atoms with Gasteiger partial charge in [0.15, 0.2) is 6.61 Å². The van der Waals surface area contributed by atoms with E-state index < -0.39 is 18.5 Å². The van der Waals surface area contributed by atoms with Gasteiger partial charge in [0.05, 0.1) is 0 Å². The maximum absolute atomic E-state index is 13.0. The number of hydrogen-bond acceptors (Lipinski definition) is 4. The second-order valence-electron chi connectivity index (χ2n) is 6.19. The first-order chi connectivity index (χ1) is 14.4. The van der Waals surface area contributed by atoms with E-state index in [2.05, 4.69) is 5.32 Å². The smallest absolute Gasteiger partial charge is 0.342 e. The average Bonchev–Trinajstić information content (AvgIpc) is 2.71. The van der Waals surface area contributed by atoms with Gasteiger partial charge in [0.2, 0.25) is 0 Å². The molecular formula is C22H16Cl2FNO4. The highest BCUT2D eigenvalue weighted by atomic mass is 35.5. The minimum Gasteiger partial charge on any atom is -0.488 e. The van der Waals surface area contributed by atoms with Gasteiger partial charge in [-0.3, -0.25) is 4.79 Å². The number of carbonyl (C=O) groups excluding carboxylic acids is 2. The van der Waals surface area contributed by atoms with Crippen molar-refractivity contribution in [3.63, 3.8) is 0 Å². The van der Waals surface area contributed by atoms with Gasteiger partial charge in [-0.2, -0.15) is 0 Å². The Hall–Kier alpha value is -3.09. The van der Waals surface area contributed by atoms with Crippen LogP contribution in [-0.4, -0.2) is 18.5 Å². The Balaban J connectivity index is 1.58. The van der Waals surface area contributed by atoms with Crippen molar-refractivity contribution in [2.24, 2.45) is 0 Å². The zero-order valence-electron chi connectivity index (χ0n) is 15.5. The van der Waals surface area contributed by atoms with E-state index in [-0.39, 0.29) is 23.7 Å². The Kier molecular flexibility index (Phi) is 7.27. The summed E-state index contributed by atoms with van der Waals surface area (Å²) in [6, 6.07) is 16.9. The average molecular weight is 448 g/mol. The normalized spacial score (nSPS) is 10.4. The van der Waals surface area contributed by atoms with Crippen LogP contribution in [0.3, 0.4) is 0 Å². The van der Waals surface area contributed by atoms with Crippen LogP contribution in [0, 0.1) is 5.82 Å². The molecule has 30 heavy (non-hydrogen) atoms. The third-order valence-corrected chi connectivity index (χ3v) is 4.33. The number of nitrogens with one attached hydrogen (secondary N) is 1. The summed E-state index contributed by atoms with van der Waals surface area (Å²) in [6.45, 7) is -0.365. The summed E-state index contributed by atoms with van der Waals surface area (Å²) in [4.78, 5) is 24.5. The van der Waals surface area contributed by atoms with Crippen LogP contribution >= 0.6 is 23.2 Å². The van der Waals surface area contributed by atoms with E-state index in [9.17, 15) is 14.0 Å². The molecule has 3 rings (SSSR count). The van der Waals surface area contributed by atoms with Gasteiger partial charge in [0.1, 0.15) is 23.7 Å². The fourth-order valence-corrected chi connectivity index (χ4v) is 3.06. The summed E-state index contributed by atoms with van der Waals surface area (Å²) >= 11 is 11.8. The van der Waals surface area contributed by atoms with Gasteiger partial charge in [-0.1, -0.05) is 47.5 Å². The molecule has 3 aromatic rings. The van der Waals surface area contributed by atoms with Gasteiger partial charge in [-0.15, -0.1) is 0 Å². The lowest BCUT2D eigenvalue weighted by Gasteiger charge is -2.12. The molecule has 0 heterocycles. The number of carbonyl (C=O) groups is 2. The number of esters is 1. The Morgan fingerprint density at radius 3 is 2.30 bits per heavy atom. The van der Waals surface area contributed by atoms with Crippen molar-refractivity contribution in [2.45, 2.75) is 6.61 Å². The van der Waals surface area contributed by atoms with Crippen LogP contribution in [0.15, 0.2) is 66.7 Å². The van der Waals surface area contributed by atoms with Gasteiger partial charge in [0.25, 0.3) is 5.91 Å². The van der Waals surface area contributed by atoms with Gasteiger partial charge < -0.3 is 14.8 Å². The van der Waals surface area contributed by atoms with E-state index in [1.807, 2.05) is 0 Å². The SMILES string of the molecule is O=C(COC(=O)c1ccccc1OCc1ccc(F)cc1)Nc1cc(Cl)cc(Cl)c1. The number of anilines is 1. The predicted octanol–water partition coefficient (Wildman–Crippen LogP) is 5.51. The molecule has 3 aromatic carbocycles. The Morgan fingerprint density at radius 2 is 1.60 bits per heavy atom. The van der Waals surface area contributed by atoms with Gasteiger partial charge in [0, 0.05) is 15.7 Å². The molecule has 0 bridgehead atoms. The largest absolute Gasteiger partial charge is 0.488 e. The number of benzene rings is 3. The molecule has 0 aliphatic carbocycles. The van der Waals surface area contributed by atoms with Crippen LogP contribution in [-0.2, 0) is 16.1 Å². The quantitative estimate of drug-likeness (QED) is 0.485. The molecule has 8 heteroatoms. The van der Waals surface area contributed by atoms with Crippen molar-refractivity contribution in [1.82, 2.24) is 0 Å². The lowest BCUT2D eigenvalue weighted by atomic mass is 10.2. The van der Waals surface area contributed by atoms with E-state index in [1.54, 1.807) is 30.3 Å². The molecule has 0 saturated carbocycles. The molecule has 0 unspecified atom stereocenters. The Morgan fingerprint density at radius 1 is 0.933 bits per heavy atom. The van der Waals surface area contributed by atoms with E-state index in [0.717, 1.165) is 5.56 Å². The first kappa shape index (κ1) is 21.6. The summed E-state index contributed by atoms with van der Waals surface area (Å²) in [5, 5.41) is 3.28. The number of hydrogen-bond donors (Lipinski definition) is 1. The van der Waals surface area contributed by atoms with Crippen molar-refractivity contribution in [1.29, 1.82) is 0 Å². The topological polar surface area (TPSA) is 64.6 Å². The highest BCUT2D eigenvalue weighted by Gasteiger charge is 2.16. The summed E-state index contributed by atoms with van der Waals surface area (Å²) in [5.74, 6) is -1.33. The first-order valence-electron chi connectivity index (χ1n) is 8.80. The van der Waals surface area contributed by atoms with Crippen molar-refractivity contribution < 1.29 is 23.5 Å². The molecule has 5 nitrogen and oxygen atoms in total. The van der Waals surface area contributed by atoms with E-state index >= 15 is 0 Å². The Labute approximate surface area is 182 Å². The Bertz CT molecular complexity index is 1040. The summed E-state index contributed by atoms with van der Waals surface area (Å²) in [5.41, 5.74) is 1.29. The van der Waals surface area contributed by atoms with E-state index in [1.165, 1.54) is 36.4 Å². The summed E-state index contributed by atoms with van der Waals surface area (Å²) < 4.78 is 23.7. The second kappa shape index (κ2) is 10.1. The van der Waals surface area contributed by atoms with E-state index in [4.69, 9.17) is 32.7 Å². The molecule has 154 valence electrons. The third-order valence-electron chi connectivity index (χ3n) is 3.90. The number of para-hydroxylation sites is 1. The van der Waals surface area contributed by atoms with Crippen molar-refractivity contribution in [2.75, 3.05) is 11.9 Å². The van der Waals surface area contributed by atoms with Crippen LogP contribution in [0.25, 0.3) is 0 Å². The molecule has 0 radical (unpaired) electrons. The van der Waals surface area contributed by atoms with Crippen LogP contribution in [0.4, 0.5) is 10.1 Å². The predicted molar refractivity (Wildman–Crippen MR) is 113 cm³/mol. The highest BCUT2D eigenvalue weighted by molar-refractivity contribution is 6.35. The number of amides is 1. The lowest BCUT2D eigenvalue weighted by Crippen LogP contribution is -2.21. The standard InChI is InChI=1S/C22H16Cl2FNO4/c23-15-9-16(24)11-18(10-15)26-21(27)13-30-22(28)19-3-1-2-4-20(19)29-12-14-5-7-17(25)8-6-14/h1-11H,12-13H2,(H,26,27). The fourth-order valence-electron chi connectivity index (χ4n) is 2.53. The van der Waals surface area contributed by atoms with Crippen LogP contribution < -0.4 is 10.1 Å². The molecule has 0 aliphatic heterocycles. The van der Waals surface area contributed by atoms with E-state index in [0.29, 0.717) is 15.7 Å². The molecule has 1 N–H and O–H groups in total. The minimum atomic E-state index is -0.719. The minimum absolute atomic E-state index is 0.139. The number of ether oxygens (including phenoxy) is 2. The molecule has 0 spiro atoms. The summed E-state index contributed by atoms with van der Waals surface area (Å²) in [6.07, 6.45) is 0. The number of rotatable bonds is 7. The maximum Gasteiger partial charge on any atom is 0.342 e. The van der Waals surface area contributed by atoms with Gasteiger partial charge in [-0.25, -0.2) is 9.18 Å². The molecule has 1 amide bonds. The lowest BCUT2D eigenvalue weighted by molar-refractivity contribution is -0.119. The fraction of sp³-hybridized carbons (Fsp3) is 0.0909. The van der Waals surface area contributed by atoms with Crippen molar-refractivity contribution in [3.8, 4) is 5.75 Å². The van der Waals surface area contributed by atoms with Crippen LogP contribution in [0.2, 0.25) is 10.0 Å². The van der Waals surface area contributed by atoms with Crippen LogP contribution in [0.1, 0.15) is 15.9 Å². The third kappa shape index (κ3) is 6.20. The zero-order valence-corrected chi connectivity index (χ0v) is 17.0. The summed E-state index contributed by atoms with van der Waals surface area (Å²) in [7, 11) is 0. The molecule has 0 atom stereocenters. The second-order valence-corrected chi connectivity index (χ2v) is 7.07. The van der Waals surface area contributed by atoms with Gasteiger partial charge >= 0.3 is 5.97 Å². The first-order valence-corrected chi connectivity index (χ1v) is 9.55. The number of halogens is 3. The van der Waals surface area contributed by atoms with Crippen molar-refractivity contribution >= 4 is 40.8 Å². The molecule has 0 aliphatic rings. The maximum atomic E-state index is 13.0. The molecule has 0 saturated heterocycles. The van der Waals surface area contributed by atoms with Crippen LogP contribution in [0.5, 0.6) is 5.75 Å². The highest BCUT2D eigenvalue weighted by Crippen LogP contribution is 2.23. The zero-order chi connectivity index (χ0) is 21.5. The molecule has 0 aromatic heterocycles. The monoisotopic (exact) mass is 447 g/mol. The molecule has 0 fully saturated rings. The van der Waals surface area contributed by atoms with Crippen molar-refractivity contribution in [3.05, 3.63) is 93.7 Å². The molecular weight excluding hydrogens is 432 g/mol.